The van der Waals surface area contributed by atoms with Crippen molar-refractivity contribution in [1.82, 2.24) is 15.0 Å². The summed E-state index contributed by atoms with van der Waals surface area (Å²) in [5.74, 6) is -0.316. The second kappa shape index (κ2) is 7.48. The van der Waals surface area contributed by atoms with Gasteiger partial charge in [-0.05, 0) is 22.9 Å². The molecule has 0 saturated heterocycles. The van der Waals surface area contributed by atoms with Gasteiger partial charge in [0.15, 0.2) is 5.82 Å². The molecule has 7 heteroatoms. The van der Waals surface area contributed by atoms with Crippen molar-refractivity contribution >= 4 is 17.2 Å². The Morgan fingerprint density at radius 1 is 1.24 bits per heavy atom. The fraction of sp³-hybridized carbons (Fsp3) is 0.278. The summed E-state index contributed by atoms with van der Waals surface area (Å²) in [5, 5.41) is 8.67. The van der Waals surface area contributed by atoms with Crippen LogP contribution in [-0.2, 0) is 11.3 Å². The first-order chi connectivity index (χ1) is 12.1. The average Bonchev–Trinajstić information content (AvgIpc) is 3.24. The summed E-state index contributed by atoms with van der Waals surface area (Å²) in [7, 11) is 0. The van der Waals surface area contributed by atoms with E-state index in [1.165, 1.54) is 15.9 Å². The largest absolute Gasteiger partial charge is 0.442 e. The maximum Gasteiger partial charge on any atom is 0.442 e. The molecule has 0 bridgehead atoms. The molecule has 3 rings (SSSR count). The van der Waals surface area contributed by atoms with E-state index in [1.807, 2.05) is 61.7 Å². The summed E-state index contributed by atoms with van der Waals surface area (Å²) < 4.78 is 5.99. The number of rotatable bonds is 6. The zero-order valence-electron chi connectivity index (χ0n) is 14.0. The van der Waals surface area contributed by atoms with Crippen LogP contribution in [0.4, 0.5) is 0 Å². The summed E-state index contributed by atoms with van der Waals surface area (Å²) in [6, 6.07) is 13.3. The third-order valence-electron chi connectivity index (χ3n) is 3.87. The topological polar surface area (TPSA) is 77.1 Å². The van der Waals surface area contributed by atoms with Crippen LogP contribution in [0.5, 0.6) is 0 Å². The third kappa shape index (κ3) is 3.88. The first kappa shape index (κ1) is 17.2. The molecule has 0 aliphatic rings. The van der Waals surface area contributed by atoms with Gasteiger partial charge < -0.3 is 5.32 Å². The molecule has 0 unspecified atom stereocenters. The van der Waals surface area contributed by atoms with Crippen LogP contribution in [0.2, 0.25) is 0 Å². The smallest absolute Gasteiger partial charge is 0.347 e. The van der Waals surface area contributed by atoms with Gasteiger partial charge in [0, 0.05) is 0 Å². The molecule has 0 spiro atoms. The summed E-state index contributed by atoms with van der Waals surface area (Å²) in [6.07, 6.45) is 0. The molecule has 0 aliphatic carbocycles. The van der Waals surface area contributed by atoms with E-state index in [9.17, 15) is 9.59 Å². The highest BCUT2D eigenvalue weighted by Crippen LogP contribution is 2.23. The molecule has 1 aromatic carbocycles. The van der Waals surface area contributed by atoms with E-state index < -0.39 is 5.76 Å². The first-order valence-electron chi connectivity index (χ1n) is 8.01. The molecule has 0 radical (unpaired) electrons. The summed E-state index contributed by atoms with van der Waals surface area (Å²) in [6.45, 7) is 3.95. The molecule has 1 atom stereocenters. The number of nitrogens with one attached hydrogen (secondary N) is 1. The van der Waals surface area contributed by atoms with Crippen molar-refractivity contribution in [2.24, 2.45) is 5.92 Å². The predicted octanol–water partition coefficient (Wildman–Crippen LogP) is 3.08. The molecular formula is C18H19N3O3S. The van der Waals surface area contributed by atoms with Crippen LogP contribution >= 0.6 is 11.3 Å². The normalized spacial score (nSPS) is 12.3. The van der Waals surface area contributed by atoms with Gasteiger partial charge in [-0.15, -0.1) is 11.3 Å². The molecular weight excluding hydrogens is 338 g/mol. The summed E-state index contributed by atoms with van der Waals surface area (Å²) in [5.41, 5.74) is 1.03. The lowest BCUT2D eigenvalue weighted by Crippen LogP contribution is -2.36. The molecule has 0 aliphatic heterocycles. The Morgan fingerprint density at radius 2 is 2.00 bits per heavy atom. The number of benzene rings is 1. The Kier molecular flexibility index (Phi) is 5.14. The lowest BCUT2D eigenvalue weighted by Gasteiger charge is -2.23. The number of amides is 1. The van der Waals surface area contributed by atoms with Crippen molar-refractivity contribution in [3.8, 4) is 10.7 Å². The SMILES string of the molecule is CC(C)[C@@H](NC(=O)Cn1c(-c2cccs2)noc1=O)c1ccccc1. The Labute approximate surface area is 149 Å². The number of hydrogen-bond acceptors (Lipinski definition) is 5. The molecule has 1 amide bonds. The van der Waals surface area contributed by atoms with Gasteiger partial charge in [-0.2, -0.15) is 0 Å². The highest BCUT2D eigenvalue weighted by atomic mass is 32.1. The van der Waals surface area contributed by atoms with Crippen molar-refractivity contribution in [3.63, 3.8) is 0 Å². The molecule has 25 heavy (non-hydrogen) atoms. The van der Waals surface area contributed by atoms with E-state index in [4.69, 9.17) is 4.52 Å². The van der Waals surface area contributed by atoms with E-state index in [2.05, 4.69) is 10.5 Å². The van der Waals surface area contributed by atoms with E-state index in [1.54, 1.807) is 0 Å². The molecule has 0 saturated carbocycles. The molecule has 130 valence electrons. The number of hydrogen-bond donors (Lipinski definition) is 1. The maximum absolute atomic E-state index is 12.5. The minimum absolute atomic E-state index is 0.130. The van der Waals surface area contributed by atoms with Crippen molar-refractivity contribution in [3.05, 3.63) is 64.0 Å². The monoisotopic (exact) mass is 357 g/mol. The lowest BCUT2D eigenvalue weighted by atomic mass is 9.96. The Balaban J connectivity index is 1.79. The predicted molar refractivity (Wildman–Crippen MR) is 96.2 cm³/mol. The maximum atomic E-state index is 12.5. The third-order valence-corrected chi connectivity index (χ3v) is 4.74. The van der Waals surface area contributed by atoms with Crippen molar-refractivity contribution < 1.29 is 9.32 Å². The quantitative estimate of drug-likeness (QED) is 0.735. The van der Waals surface area contributed by atoms with Gasteiger partial charge in [-0.3, -0.25) is 9.32 Å². The van der Waals surface area contributed by atoms with Crippen molar-refractivity contribution in [2.45, 2.75) is 26.4 Å². The first-order valence-corrected chi connectivity index (χ1v) is 8.89. The van der Waals surface area contributed by atoms with Gasteiger partial charge in [0.1, 0.15) is 6.54 Å². The van der Waals surface area contributed by atoms with Gasteiger partial charge in [0.05, 0.1) is 10.9 Å². The number of carbonyl (C=O) groups is 1. The van der Waals surface area contributed by atoms with Crippen LogP contribution in [0, 0.1) is 5.92 Å². The average molecular weight is 357 g/mol. The van der Waals surface area contributed by atoms with Gasteiger partial charge in [0.2, 0.25) is 5.91 Å². The van der Waals surface area contributed by atoms with Crippen LogP contribution < -0.4 is 11.1 Å². The number of carbonyl (C=O) groups excluding carboxylic acids is 1. The minimum atomic E-state index is -0.639. The summed E-state index contributed by atoms with van der Waals surface area (Å²) >= 11 is 1.43. The van der Waals surface area contributed by atoms with Crippen LogP contribution in [0.15, 0.2) is 57.2 Å². The van der Waals surface area contributed by atoms with Gasteiger partial charge in [-0.1, -0.05) is 55.4 Å². The van der Waals surface area contributed by atoms with Crippen LogP contribution in [0.25, 0.3) is 10.7 Å². The molecule has 6 nitrogen and oxygen atoms in total. The Bertz CT molecular complexity index is 882. The van der Waals surface area contributed by atoms with E-state index >= 15 is 0 Å². The second-order valence-electron chi connectivity index (χ2n) is 6.04. The zero-order valence-corrected chi connectivity index (χ0v) is 14.8. The van der Waals surface area contributed by atoms with Crippen LogP contribution in [-0.4, -0.2) is 15.6 Å². The van der Waals surface area contributed by atoms with Crippen LogP contribution in [0.3, 0.4) is 0 Å². The standard InChI is InChI=1S/C18H19N3O3S/c1-12(2)16(13-7-4-3-5-8-13)19-15(22)11-21-17(20-24-18(21)23)14-9-6-10-25-14/h3-10,12,16H,11H2,1-2H3,(H,19,22)/t16-/m1/s1. The zero-order chi connectivity index (χ0) is 17.8. The van der Waals surface area contributed by atoms with E-state index in [0.29, 0.717) is 5.82 Å². The molecule has 0 fully saturated rings. The molecule has 2 aromatic heterocycles. The number of aromatic nitrogens is 2. The second-order valence-corrected chi connectivity index (χ2v) is 6.98. The highest BCUT2D eigenvalue weighted by Gasteiger charge is 2.21. The van der Waals surface area contributed by atoms with Gasteiger partial charge >= 0.3 is 5.76 Å². The minimum Gasteiger partial charge on any atom is -0.347 e. The van der Waals surface area contributed by atoms with Crippen molar-refractivity contribution in [2.75, 3.05) is 0 Å². The van der Waals surface area contributed by atoms with Gasteiger partial charge in [0.25, 0.3) is 0 Å². The molecule has 1 N–H and O–H groups in total. The Morgan fingerprint density at radius 3 is 2.64 bits per heavy atom. The molecule has 3 aromatic rings. The van der Waals surface area contributed by atoms with E-state index in [-0.39, 0.29) is 24.4 Å². The number of thiophene rings is 1. The van der Waals surface area contributed by atoms with E-state index in [0.717, 1.165) is 10.4 Å². The lowest BCUT2D eigenvalue weighted by molar-refractivity contribution is -0.122. The van der Waals surface area contributed by atoms with Crippen molar-refractivity contribution in [1.29, 1.82) is 0 Å². The highest BCUT2D eigenvalue weighted by molar-refractivity contribution is 7.13. The Hall–Kier alpha value is -2.67. The fourth-order valence-electron chi connectivity index (χ4n) is 2.65. The number of nitrogens with zero attached hydrogens (tertiary/aromatic N) is 2. The van der Waals surface area contributed by atoms with Crippen LogP contribution in [0.1, 0.15) is 25.5 Å². The van der Waals surface area contributed by atoms with Gasteiger partial charge in [-0.25, -0.2) is 9.36 Å². The summed E-state index contributed by atoms with van der Waals surface area (Å²) in [4.78, 5) is 25.2. The molecule has 2 heterocycles. The fourth-order valence-corrected chi connectivity index (χ4v) is 3.36.